The van der Waals surface area contributed by atoms with E-state index in [9.17, 15) is 9.59 Å². The van der Waals surface area contributed by atoms with Crippen molar-refractivity contribution >= 4 is 11.9 Å². The number of ether oxygens (including phenoxy) is 1. The molecule has 1 saturated heterocycles. The fourth-order valence-electron chi connectivity index (χ4n) is 3.54. The topological polar surface area (TPSA) is 66.8 Å². The minimum absolute atomic E-state index is 0.0597. The molecule has 3 unspecified atom stereocenters. The number of carbonyl (C=O) groups is 2. The summed E-state index contributed by atoms with van der Waals surface area (Å²) in [5, 5.41) is 9.14. The molecule has 2 rings (SSSR count). The third kappa shape index (κ3) is 3.96. The van der Waals surface area contributed by atoms with Crippen LogP contribution in [0, 0.1) is 5.92 Å². The summed E-state index contributed by atoms with van der Waals surface area (Å²) in [6.07, 6.45) is 7.17. The summed E-state index contributed by atoms with van der Waals surface area (Å²) in [4.78, 5) is 25.3. The molecule has 1 N–H and O–H groups in total. The normalized spacial score (nSPS) is 29.1. The molecule has 120 valence electrons. The number of carbonyl (C=O) groups excluding carboxylic acids is 1. The first-order valence-corrected chi connectivity index (χ1v) is 8.19. The van der Waals surface area contributed by atoms with Gasteiger partial charge in [0.05, 0.1) is 12.0 Å². The fourth-order valence-corrected chi connectivity index (χ4v) is 3.54. The van der Waals surface area contributed by atoms with Crippen LogP contribution in [0.25, 0.3) is 0 Å². The molecule has 0 aromatic carbocycles. The van der Waals surface area contributed by atoms with E-state index in [1.165, 1.54) is 25.7 Å². The minimum atomic E-state index is -0.810. The van der Waals surface area contributed by atoms with Crippen LogP contribution in [0.3, 0.4) is 0 Å². The van der Waals surface area contributed by atoms with Gasteiger partial charge in [-0.2, -0.15) is 0 Å². The maximum absolute atomic E-state index is 12.5. The highest BCUT2D eigenvalue weighted by atomic mass is 16.5. The van der Waals surface area contributed by atoms with Crippen LogP contribution in [0.5, 0.6) is 0 Å². The maximum atomic E-state index is 12.5. The smallest absolute Gasteiger partial charge is 0.308 e. The van der Waals surface area contributed by atoms with Gasteiger partial charge in [-0.05, 0) is 33.1 Å². The number of rotatable bonds is 4. The molecule has 1 aliphatic heterocycles. The zero-order valence-corrected chi connectivity index (χ0v) is 13.1. The van der Waals surface area contributed by atoms with E-state index < -0.39 is 18.0 Å². The lowest BCUT2D eigenvalue weighted by atomic mass is 10.0. The predicted octanol–water partition coefficient (Wildman–Crippen LogP) is 2.44. The van der Waals surface area contributed by atoms with Crippen molar-refractivity contribution in [1.82, 2.24) is 4.90 Å². The minimum Gasteiger partial charge on any atom is -0.481 e. The second-order valence-electron chi connectivity index (χ2n) is 6.40. The summed E-state index contributed by atoms with van der Waals surface area (Å²) in [6.45, 7) is 4.14. The van der Waals surface area contributed by atoms with E-state index in [0.29, 0.717) is 13.0 Å². The number of nitrogens with zero attached hydrogens (tertiary/aromatic N) is 1. The lowest BCUT2D eigenvalue weighted by Crippen LogP contribution is -2.44. The summed E-state index contributed by atoms with van der Waals surface area (Å²) >= 11 is 0. The van der Waals surface area contributed by atoms with Gasteiger partial charge in [0, 0.05) is 12.6 Å². The van der Waals surface area contributed by atoms with Gasteiger partial charge in [0.25, 0.3) is 5.91 Å². The number of carboxylic acid groups (broad SMARTS) is 1. The summed E-state index contributed by atoms with van der Waals surface area (Å²) in [7, 11) is 0. The second-order valence-corrected chi connectivity index (χ2v) is 6.40. The molecule has 1 heterocycles. The highest BCUT2D eigenvalue weighted by molar-refractivity contribution is 5.82. The number of hydrogen-bond acceptors (Lipinski definition) is 3. The monoisotopic (exact) mass is 297 g/mol. The van der Waals surface area contributed by atoms with E-state index in [2.05, 4.69) is 0 Å². The van der Waals surface area contributed by atoms with E-state index in [4.69, 9.17) is 9.84 Å². The van der Waals surface area contributed by atoms with Crippen LogP contribution in [0.1, 0.15) is 58.8 Å². The van der Waals surface area contributed by atoms with Gasteiger partial charge in [-0.25, -0.2) is 0 Å². The van der Waals surface area contributed by atoms with Gasteiger partial charge in [-0.1, -0.05) is 25.7 Å². The molecule has 0 radical (unpaired) electrons. The van der Waals surface area contributed by atoms with Crippen LogP contribution in [-0.2, 0) is 14.3 Å². The highest BCUT2D eigenvalue weighted by Gasteiger charge is 2.39. The number of carboxylic acids is 1. The molecule has 0 bridgehead atoms. The predicted molar refractivity (Wildman–Crippen MR) is 79.0 cm³/mol. The van der Waals surface area contributed by atoms with Crippen LogP contribution in [0.15, 0.2) is 0 Å². The molecule has 5 heteroatoms. The van der Waals surface area contributed by atoms with Gasteiger partial charge >= 0.3 is 5.97 Å². The Morgan fingerprint density at radius 1 is 1.14 bits per heavy atom. The Kier molecular flexibility index (Phi) is 5.62. The van der Waals surface area contributed by atoms with Crippen molar-refractivity contribution < 1.29 is 19.4 Å². The summed E-state index contributed by atoms with van der Waals surface area (Å²) in [5.74, 6) is -1.32. The van der Waals surface area contributed by atoms with E-state index in [1.54, 1.807) is 11.8 Å². The highest BCUT2D eigenvalue weighted by Crippen LogP contribution is 2.26. The Morgan fingerprint density at radius 3 is 2.29 bits per heavy atom. The first-order chi connectivity index (χ1) is 10.0. The van der Waals surface area contributed by atoms with Crippen molar-refractivity contribution in [2.45, 2.75) is 77.0 Å². The largest absolute Gasteiger partial charge is 0.481 e. The maximum Gasteiger partial charge on any atom is 0.308 e. The van der Waals surface area contributed by atoms with E-state index in [0.717, 1.165) is 12.8 Å². The first-order valence-electron chi connectivity index (χ1n) is 8.19. The Bertz CT molecular complexity index is 376. The Morgan fingerprint density at radius 2 is 1.76 bits per heavy atom. The SMILES string of the molecule is CC(OC1CCCCCC1)C(=O)N1CCC(C(=O)O)C1C. The van der Waals surface area contributed by atoms with Gasteiger partial charge in [0.15, 0.2) is 0 Å². The molecule has 1 saturated carbocycles. The first kappa shape index (κ1) is 16.3. The third-order valence-electron chi connectivity index (χ3n) is 4.90. The van der Waals surface area contributed by atoms with Crippen molar-refractivity contribution in [3.8, 4) is 0 Å². The van der Waals surface area contributed by atoms with Crippen LogP contribution in [0.2, 0.25) is 0 Å². The third-order valence-corrected chi connectivity index (χ3v) is 4.90. The standard InChI is InChI=1S/C16H27NO4/c1-11-14(16(19)20)9-10-17(11)15(18)12(2)21-13-7-5-3-4-6-8-13/h11-14H,3-10H2,1-2H3,(H,19,20). The van der Waals surface area contributed by atoms with Crippen LogP contribution >= 0.6 is 0 Å². The molecule has 0 aromatic rings. The Labute approximate surface area is 126 Å². The quantitative estimate of drug-likeness (QED) is 0.809. The molecular formula is C16H27NO4. The molecule has 0 spiro atoms. The van der Waals surface area contributed by atoms with Crippen molar-refractivity contribution in [1.29, 1.82) is 0 Å². The van der Waals surface area contributed by atoms with Gasteiger partial charge in [0.1, 0.15) is 6.10 Å². The van der Waals surface area contributed by atoms with Crippen molar-refractivity contribution in [3.05, 3.63) is 0 Å². The Hall–Kier alpha value is -1.10. The fraction of sp³-hybridized carbons (Fsp3) is 0.875. The molecular weight excluding hydrogens is 270 g/mol. The van der Waals surface area contributed by atoms with Crippen molar-refractivity contribution in [3.63, 3.8) is 0 Å². The number of hydrogen-bond donors (Lipinski definition) is 1. The molecule has 1 aliphatic carbocycles. The van der Waals surface area contributed by atoms with Gasteiger partial charge < -0.3 is 14.7 Å². The molecule has 21 heavy (non-hydrogen) atoms. The van der Waals surface area contributed by atoms with Crippen molar-refractivity contribution in [2.24, 2.45) is 5.92 Å². The summed E-state index contributed by atoms with van der Waals surface area (Å²) in [6, 6.07) is -0.241. The molecule has 1 amide bonds. The van der Waals surface area contributed by atoms with Gasteiger partial charge in [0.2, 0.25) is 0 Å². The van der Waals surface area contributed by atoms with Crippen LogP contribution in [0.4, 0.5) is 0 Å². The van der Waals surface area contributed by atoms with E-state index in [1.807, 2.05) is 6.92 Å². The summed E-state index contributed by atoms with van der Waals surface area (Å²) in [5.41, 5.74) is 0. The van der Waals surface area contributed by atoms with Gasteiger partial charge in [-0.3, -0.25) is 9.59 Å². The average molecular weight is 297 g/mol. The average Bonchev–Trinajstić information content (AvgIpc) is 2.66. The lowest BCUT2D eigenvalue weighted by molar-refractivity contribution is -0.149. The van der Waals surface area contributed by atoms with Crippen LogP contribution in [-0.4, -0.2) is 46.7 Å². The summed E-state index contributed by atoms with van der Waals surface area (Å²) < 4.78 is 5.95. The molecule has 5 nitrogen and oxygen atoms in total. The van der Waals surface area contributed by atoms with E-state index >= 15 is 0 Å². The molecule has 3 atom stereocenters. The number of aliphatic carboxylic acids is 1. The van der Waals surface area contributed by atoms with Crippen molar-refractivity contribution in [2.75, 3.05) is 6.54 Å². The number of likely N-dealkylation sites (tertiary alicyclic amines) is 1. The Balaban J connectivity index is 1.88. The zero-order chi connectivity index (χ0) is 15.4. The molecule has 2 fully saturated rings. The second kappa shape index (κ2) is 7.25. The van der Waals surface area contributed by atoms with Crippen LogP contribution < -0.4 is 0 Å². The molecule has 0 aromatic heterocycles. The lowest BCUT2D eigenvalue weighted by Gasteiger charge is -2.28. The molecule has 2 aliphatic rings. The van der Waals surface area contributed by atoms with Gasteiger partial charge in [-0.15, -0.1) is 0 Å². The zero-order valence-electron chi connectivity index (χ0n) is 13.1. The van der Waals surface area contributed by atoms with E-state index in [-0.39, 0.29) is 18.1 Å². The number of amides is 1.